The van der Waals surface area contributed by atoms with Gasteiger partial charge in [0, 0.05) is 31.9 Å². The van der Waals surface area contributed by atoms with Crippen molar-refractivity contribution >= 4 is 11.4 Å². The van der Waals surface area contributed by atoms with E-state index in [0.717, 1.165) is 25.9 Å². The third-order valence-electron chi connectivity index (χ3n) is 4.39. The number of β-amino-alcohol motifs (C(OH)–C–C–N with tert-alkyl or cyclic N) is 2. The Labute approximate surface area is 127 Å². The summed E-state index contributed by atoms with van der Waals surface area (Å²) in [4.78, 5) is 3.17. The molecule has 3 N–H and O–H groups in total. The summed E-state index contributed by atoms with van der Waals surface area (Å²) < 4.78 is 28.7. The SMILES string of the molecule is OC1CN(c2c(F)cc(N3CCCC3)cc2F)CC(O)C1O. The molecule has 0 aromatic heterocycles. The largest absolute Gasteiger partial charge is 0.388 e. The number of piperidine rings is 1. The van der Waals surface area contributed by atoms with Crippen molar-refractivity contribution in [3.8, 4) is 0 Å². The summed E-state index contributed by atoms with van der Waals surface area (Å²) in [7, 11) is 0. The monoisotopic (exact) mass is 314 g/mol. The highest BCUT2D eigenvalue weighted by molar-refractivity contribution is 5.59. The van der Waals surface area contributed by atoms with E-state index in [2.05, 4.69) is 0 Å². The molecule has 2 atom stereocenters. The van der Waals surface area contributed by atoms with Crippen molar-refractivity contribution in [2.24, 2.45) is 0 Å². The Morgan fingerprint density at radius 2 is 1.36 bits per heavy atom. The maximum atomic E-state index is 14.4. The molecule has 2 fully saturated rings. The molecule has 0 spiro atoms. The van der Waals surface area contributed by atoms with Crippen LogP contribution < -0.4 is 9.80 Å². The summed E-state index contributed by atoms with van der Waals surface area (Å²) in [6.45, 7) is 1.31. The van der Waals surface area contributed by atoms with E-state index in [4.69, 9.17) is 0 Å². The van der Waals surface area contributed by atoms with E-state index in [1.807, 2.05) is 4.90 Å². The third kappa shape index (κ3) is 2.76. The van der Waals surface area contributed by atoms with Gasteiger partial charge in [-0.05, 0) is 25.0 Å². The number of benzene rings is 1. The maximum Gasteiger partial charge on any atom is 0.151 e. The number of halogens is 2. The molecule has 2 saturated heterocycles. The Kier molecular flexibility index (Phi) is 4.20. The number of anilines is 2. The van der Waals surface area contributed by atoms with Crippen LogP contribution in [0.5, 0.6) is 0 Å². The lowest BCUT2D eigenvalue weighted by molar-refractivity contribution is -0.0675. The fraction of sp³-hybridized carbons (Fsp3) is 0.600. The van der Waals surface area contributed by atoms with Crippen molar-refractivity contribution in [1.29, 1.82) is 0 Å². The van der Waals surface area contributed by atoms with Crippen LogP contribution in [0.1, 0.15) is 12.8 Å². The second-order valence-electron chi connectivity index (χ2n) is 5.98. The number of aliphatic hydroxyl groups excluding tert-OH is 3. The van der Waals surface area contributed by atoms with E-state index in [1.165, 1.54) is 17.0 Å². The van der Waals surface area contributed by atoms with Crippen molar-refractivity contribution in [2.45, 2.75) is 31.2 Å². The molecule has 122 valence electrons. The molecule has 0 radical (unpaired) electrons. The number of hydrogen-bond donors (Lipinski definition) is 3. The first-order valence-corrected chi connectivity index (χ1v) is 7.50. The predicted molar refractivity (Wildman–Crippen MR) is 78.0 cm³/mol. The topological polar surface area (TPSA) is 67.2 Å². The molecular formula is C15H20F2N2O3. The van der Waals surface area contributed by atoms with Gasteiger partial charge in [-0.15, -0.1) is 0 Å². The van der Waals surface area contributed by atoms with Crippen molar-refractivity contribution in [3.63, 3.8) is 0 Å². The van der Waals surface area contributed by atoms with Crippen LogP contribution in [0.25, 0.3) is 0 Å². The summed E-state index contributed by atoms with van der Waals surface area (Å²) in [6, 6.07) is 2.57. The maximum absolute atomic E-state index is 14.4. The minimum atomic E-state index is -1.30. The van der Waals surface area contributed by atoms with E-state index in [1.54, 1.807) is 0 Å². The smallest absolute Gasteiger partial charge is 0.151 e. The lowest BCUT2D eigenvalue weighted by Crippen LogP contribution is -2.55. The van der Waals surface area contributed by atoms with E-state index < -0.39 is 29.9 Å². The zero-order valence-electron chi connectivity index (χ0n) is 12.1. The van der Waals surface area contributed by atoms with Crippen molar-refractivity contribution < 1.29 is 24.1 Å². The number of hydrogen-bond acceptors (Lipinski definition) is 5. The molecule has 2 unspecified atom stereocenters. The molecule has 5 nitrogen and oxygen atoms in total. The Balaban J connectivity index is 1.87. The molecular weight excluding hydrogens is 294 g/mol. The summed E-state index contributed by atoms with van der Waals surface area (Å²) in [5.74, 6) is -1.45. The summed E-state index contributed by atoms with van der Waals surface area (Å²) in [5.41, 5.74) is 0.238. The summed E-state index contributed by atoms with van der Waals surface area (Å²) in [6.07, 6.45) is -1.78. The van der Waals surface area contributed by atoms with Crippen LogP contribution in [-0.4, -0.2) is 59.8 Å². The zero-order chi connectivity index (χ0) is 15.9. The molecule has 0 saturated carbocycles. The lowest BCUT2D eigenvalue weighted by Gasteiger charge is -2.38. The van der Waals surface area contributed by atoms with Gasteiger partial charge in [0.1, 0.15) is 11.8 Å². The molecule has 2 heterocycles. The standard InChI is InChI=1S/C15H20F2N2O3/c16-10-5-9(18-3-1-2-4-18)6-11(17)14(10)19-7-12(20)15(22)13(21)8-19/h5-6,12-13,15,20-22H,1-4,7-8H2. The minimum absolute atomic E-state index is 0.130. The highest BCUT2D eigenvalue weighted by Crippen LogP contribution is 2.32. The van der Waals surface area contributed by atoms with Crippen LogP contribution in [0.15, 0.2) is 12.1 Å². The molecule has 2 aliphatic heterocycles. The van der Waals surface area contributed by atoms with Gasteiger partial charge in [0.2, 0.25) is 0 Å². The van der Waals surface area contributed by atoms with Gasteiger partial charge in [0.05, 0.1) is 12.2 Å². The molecule has 0 bridgehead atoms. The van der Waals surface area contributed by atoms with Gasteiger partial charge in [-0.3, -0.25) is 0 Å². The first kappa shape index (κ1) is 15.5. The number of aliphatic hydroxyl groups is 3. The highest BCUT2D eigenvalue weighted by Gasteiger charge is 2.35. The van der Waals surface area contributed by atoms with E-state index >= 15 is 0 Å². The summed E-state index contributed by atoms with van der Waals surface area (Å²) in [5, 5.41) is 28.9. The average molecular weight is 314 g/mol. The van der Waals surface area contributed by atoms with Gasteiger partial charge < -0.3 is 25.1 Å². The Morgan fingerprint density at radius 3 is 1.86 bits per heavy atom. The van der Waals surface area contributed by atoms with E-state index in [9.17, 15) is 24.1 Å². The fourth-order valence-corrected chi connectivity index (χ4v) is 3.19. The summed E-state index contributed by atoms with van der Waals surface area (Å²) >= 11 is 0. The van der Waals surface area contributed by atoms with Gasteiger partial charge >= 0.3 is 0 Å². The number of rotatable bonds is 2. The molecule has 2 aliphatic rings. The second kappa shape index (κ2) is 5.98. The van der Waals surface area contributed by atoms with Crippen LogP contribution >= 0.6 is 0 Å². The highest BCUT2D eigenvalue weighted by atomic mass is 19.1. The van der Waals surface area contributed by atoms with Gasteiger partial charge in [0.15, 0.2) is 11.6 Å². The molecule has 22 heavy (non-hydrogen) atoms. The molecule has 7 heteroatoms. The van der Waals surface area contributed by atoms with E-state index in [-0.39, 0.29) is 18.8 Å². The predicted octanol–water partition coefficient (Wildman–Crippen LogP) is 0.468. The molecule has 0 amide bonds. The molecule has 3 rings (SSSR count). The average Bonchev–Trinajstić information content (AvgIpc) is 2.98. The number of nitrogens with zero attached hydrogens (tertiary/aromatic N) is 2. The Morgan fingerprint density at radius 1 is 0.864 bits per heavy atom. The van der Waals surface area contributed by atoms with Crippen LogP contribution in [0.2, 0.25) is 0 Å². The Bertz CT molecular complexity index is 517. The quantitative estimate of drug-likeness (QED) is 0.740. The second-order valence-corrected chi connectivity index (χ2v) is 5.98. The van der Waals surface area contributed by atoms with Gasteiger partial charge in [-0.25, -0.2) is 8.78 Å². The molecule has 0 aliphatic carbocycles. The molecule has 1 aromatic rings. The lowest BCUT2D eigenvalue weighted by atomic mass is 10.0. The van der Waals surface area contributed by atoms with E-state index in [0.29, 0.717) is 5.69 Å². The zero-order valence-corrected chi connectivity index (χ0v) is 12.1. The Hall–Kier alpha value is -1.44. The van der Waals surface area contributed by atoms with Crippen LogP contribution in [0.4, 0.5) is 20.2 Å². The van der Waals surface area contributed by atoms with Crippen molar-refractivity contribution in [2.75, 3.05) is 36.0 Å². The van der Waals surface area contributed by atoms with Crippen molar-refractivity contribution in [3.05, 3.63) is 23.8 Å². The molecule has 1 aromatic carbocycles. The normalized spacial score (nSPS) is 29.2. The fourth-order valence-electron chi connectivity index (χ4n) is 3.19. The van der Waals surface area contributed by atoms with Gasteiger partial charge in [-0.2, -0.15) is 0 Å². The third-order valence-corrected chi connectivity index (χ3v) is 4.39. The first-order valence-electron chi connectivity index (χ1n) is 7.50. The van der Waals surface area contributed by atoms with Crippen LogP contribution in [0, 0.1) is 11.6 Å². The van der Waals surface area contributed by atoms with Crippen LogP contribution in [0.3, 0.4) is 0 Å². The van der Waals surface area contributed by atoms with Gasteiger partial charge in [0.25, 0.3) is 0 Å². The first-order chi connectivity index (χ1) is 10.5. The minimum Gasteiger partial charge on any atom is -0.388 e. The van der Waals surface area contributed by atoms with Crippen LogP contribution in [-0.2, 0) is 0 Å². The van der Waals surface area contributed by atoms with Gasteiger partial charge in [-0.1, -0.05) is 0 Å². The van der Waals surface area contributed by atoms with Crippen molar-refractivity contribution in [1.82, 2.24) is 0 Å².